The Morgan fingerprint density at radius 1 is 1.15 bits per heavy atom. The van der Waals surface area contributed by atoms with Crippen molar-refractivity contribution in [3.05, 3.63) is 83.9 Å². The van der Waals surface area contributed by atoms with Gasteiger partial charge in [-0.25, -0.2) is 9.78 Å². The van der Waals surface area contributed by atoms with Crippen molar-refractivity contribution < 1.29 is 19.1 Å². The molecule has 9 heteroatoms. The molecule has 2 aromatic carbocycles. The normalized spacial score (nSPS) is 16.3. The lowest BCUT2D eigenvalue weighted by Gasteiger charge is -2.29. The van der Waals surface area contributed by atoms with Gasteiger partial charge in [0.1, 0.15) is 22.1 Å². The molecule has 4 aromatic rings. The van der Waals surface area contributed by atoms with Crippen molar-refractivity contribution in [2.45, 2.75) is 19.8 Å². The standard InChI is InChI=1S/C30H26N4O4S/c1-3-26(36)33-14-12-19(17-33)24(35)16-25-28-27-23(11-13-31-29(27)39-25)34(30(37)32-28)22-10-9-21(15-18(22)2)38-20-7-5-4-6-8-20/h3-11,13,15,19H,1,12,14,16-17H2,2H3,(H,32,37)/t19-/m0/s1. The molecule has 1 atom stereocenters. The molecule has 0 saturated carbocycles. The molecule has 4 heterocycles. The SMILES string of the molecule is C=CC(=O)N1CC[C@H](C(=O)Cc2sc3nccc4c3c2NC(=O)N4c2ccc(Oc3ccccc3)cc2C)C1. The van der Waals surface area contributed by atoms with Crippen LogP contribution < -0.4 is 15.0 Å². The van der Waals surface area contributed by atoms with Gasteiger partial charge in [-0.05, 0) is 61.4 Å². The van der Waals surface area contributed by atoms with Gasteiger partial charge in [0.15, 0.2) is 0 Å². The molecular weight excluding hydrogens is 512 g/mol. The summed E-state index contributed by atoms with van der Waals surface area (Å²) in [4.78, 5) is 48.0. The van der Waals surface area contributed by atoms with Gasteiger partial charge in [0.05, 0.1) is 22.4 Å². The highest BCUT2D eigenvalue weighted by Crippen LogP contribution is 2.47. The van der Waals surface area contributed by atoms with Gasteiger partial charge in [0.25, 0.3) is 0 Å². The maximum absolute atomic E-state index is 13.5. The zero-order chi connectivity index (χ0) is 27.1. The number of Topliss-reactive ketones (excluding diaryl/α,β-unsaturated/α-hetero) is 1. The number of aromatic nitrogens is 1. The van der Waals surface area contributed by atoms with Crippen LogP contribution in [0.25, 0.3) is 10.2 Å². The number of nitrogens with one attached hydrogen (secondary N) is 1. The number of anilines is 3. The molecule has 0 spiro atoms. The van der Waals surface area contributed by atoms with Crippen molar-refractivity contribution in [3.8, 4) is 11.5 Å². The van der Waals surface area contributed by atoms with Crippen LogP contribution in [0, 0.1) is 12.8 Å². The van der Waals surface area contributed by atoms with Crippen molar-refractivity contribution in [2.75, 3.05) is 23.3 Å². The topological polar surface area (TPSA) is 91.8 Å². The summed E-state index contributed by atoms with van der Waals surface area (Å²) < 4.78 is 5.96. The minimum Gasteiger partial charge on any atom is -0.457 e. The average Bonchev–Trinajstić information content (AvgIpc) is 3.56. The molecule has 8 nitrogen and oxygen atoms in total. The minimum atomic E-state index is -0.300. The lowest BCUT2D eigenvalue weighted by Crippen LogP contribution is -2.34. The summed E-state index contributed by atoms with van der Waals surface area (Å²) in [6.45, 7) is 6.42. The molecule has 1 N–H and O–H groups in total. The van der Waals surface area contributed by atoms with Gasteiger partial charge in [-0.2, -0.15) is 0 Å². The second-order valence-electron chi connectivity index (χ2n) is 9.66. The first-order valence-corrected chi connectivity index (χ1v) is 13.5. The molecule has 6 rings (SSSR count). The molecule has 2 aliphatic heterocycles. The third kappa shape index (κ3) is 4.55. The van der Waals surface area contributed by atoms with Crippen LogP contribution in [0.4, 0.5) is 21.9 Å². The molecular formula is C30H26N4O4S. The molecule has 0 aliphatic carbocycles. The van der Waals surface area contributed by atoms with Gasteiger partial charge < -0.3 is 15.0 Å². The van der Waals surface area contributed by atoms with E-state index < -0.39 is 0 Å². The van der Waals surface area contributed by atoms with Gasteiger partial charge in [0, 0.05) is 36.5 Å². The Morgan fingerprint density at radius 3 is 2.74 bits per heavy atom. The van der Waals surface area contributed by atoms with E-state index in [9.17, 15) is 14.4 Å². The Balaban J connectivity index is 1.29. The number of aryl methyl sites for hydroxylation is 1. The molecule has 0 radical (unpaired) electrons. The molecule has 0 unspecified atom stereocenters. The number of hydrogen-bond donors (Lipinski definition) is 1. The van der Waals surface area contributed by atoms with E-state index in [-0.39, 0.29) is 30.1 Å². The van der Waals surface area contributed by atoms with E-state index in [2.05, 4.69) is 16.9 Å². The number of nitrogens with zero attached hydrogens (tertiary/aromatic N) is 3. The summed E-state index contributed by atoms with van der Waals surface area (Å²) in [6, 6.07) is 16.7. The van der Waals surface area contributed by atoms with Crippen molar-refractivity contribution in [1.82, 2.24) is 9.88 Å². The Labute approximate surface area is 229 Å². The van der Waals surface area contributed by atoms with Gasteiger partial charge in [0.2, 0.25) is 5.91 Å². The summed E-state index contributed by atoms with van der Waals surface area (Å²) in [5, 5.41) is 3.85. The Hall–Kier alpha value is -4.50. The van der Waals surface area contributed by atoms with Crippen molar-refractivity contribution in [1.29, 1.82) is 0 Å². The number of urea groups is 1. The number of amides is 3. The van der Waals surface area contributed by atoms with Crippen molar-refractivity contribution >= 4 is 56.3 Å². The van der Waals surface area contributed by atoms with E-state index in [1.807, 2.05) is 61.5 Å². The maximum Gasteiger partial charge on any atom is 0.331 e. The molecule has 2 aromatic heterocycles. The summed E-state index contributed by atoms with van der Waals surface area (Å²) in [6.07, 6.45) is 3.78. The highest BCUT2D eigenvalue weighted by molar-refractivity contribution is 7.19. The third-order valence-electron chi connectivity index (χ3n) is 7.17. The van der Waals surface area contributed by atoms with Gasteiger partial charge in [-0.15, -0.1) is 11.3 Å². The minimum absolute atomic E-state index is 0.0558. The average molecular weight is 539 g/mol. The molecule has 3 amide bonds. The molecule has 196 valence electrons. The lowest BCUT2D eigenvalue weighted by atomic mass is 9.99. The Bertz CT molecular complexity index is 1630. The van der Waals surface area contributed by atoms with Crippen LogP contribution in [-0.4, -0.2) is 40.7 Å². The predicted octanol–water partition coefficient (Wildman–Crippen LogP) is 6.23. The quantitative estimate of drug-likeness (QED) is 0.282. The van der Waals surface area contributed by atoms with Crippen molar-refractivity contribution in [2.24, 2.45) is 5.92 Å². The van der Waals surface area contributed by atoms with Crippen LogP contribution in [0.3, 0.4) is 0 Å². The zero-order valence-corrected chi connectivity index (χ0v) is 22.2. The number of likely N-dealkylation sites (tertiary alicyclic amines) is 1. The first-order chi connectivity index (χ1) is 18.9. The third-order valence-corrected chi connectivity index (χ3v) is 8.27. The van der Waals surface area contributed by atoms with E-state index in [0.29, 0.717) is 30.9 Å². The van der Waals surface area contributed by atoms with E-state index in [4.69, 9.17) is 4.74 Å². The van der Waals surface area contributed by atoms with E-state index >= 15 is 0 Å². The number of ether oxygens (including phenoxy) is 1. The van der Waals surface area contributed by atoms with Crippen LogP contribution in [-0.2, 0) is 16.0 Å². The van der Waals surface area contributed by atoms with Crippen LogP contribution in [0.5, 0.6) is 11.5 Å². The number of thiophene rings is 1. The van der Waals surface area contributed by atoms with Crippen molar-refractivity contribution in [3.63, 3.8) is 0 Å². The zero-order valence-electron chi connectivity index (χ0n) is 21.3. The first kappa shape index (κ1) is 24.8. The number of benzene rings is 2. The summed E-state index contributed by atoms with van der Waals surface area (Å²) >= 11 is 1.42. The number of rotatable bonds is 7. The fourth-order valence-electron chi connectivity index (χ4n) is 5.23. The fourth-order valence-corrected chi connectivity index (χ4v) is 6.35. The number of pyridine rings is 1. The van der Waals surface area contributed by atoms with Gasteiger partial charge in [-0.3, -0.25) is 14.5 Å². The van der Waals surface area contributed by atoms with Crippen LogP contribution in [0.1, 0.15) is 16.9 Å². The van der Waals surface area contributed by atoms with Gasteiger partial charge >= 0.3 is 6.03 Å². The number of ketones is 1. The van der Waals surface area contributed by atoms with E-state index in [1.54, 1.807) is 16.0 Å². The largest absolute Gasteiger partial charge is 0.457 e. The lowest BCUT2D eigenvalue weighted by molar-refractivity contribution is -0.125. The monoisotopic (exact) mass is 538 g/mol. The highest BCUT2D eigenvalue weighted by Gasteiger charge is 2.34. The molecule has 0 bridgehead atoms. The number of para-hydroxylation sites is 1. The van der Waals surface area contributed by atoms with E-state index in [0.717, 1.165) is 37.8 Å². The highest BCUT2D eigenvalue weighted by atomic mass is 32.1. The smallest absolute Gasteiger partial charge is 0.331 e. The summed E-state index contributed by atoms with van der Waals surface area (Å²) in [5.41, 5.74) is 2.97. The van der Waals surface area contributed by atoms with Crippen LogP contribution in [0.15, 0.2) is 73.4 Å². The fraction of sp³-hybridized carbons (Fsp3) is 0.200. The Kier molecular flexibility index (Phi) is 6.36. The van der Waals surface area contributed by atoms with E-state index in [1.165, 1.54) is 17.4 Å². The van der Waals surface area contributed by atoms with Crippen LogP contribution in [0.2, 0.25) is 0 Å². The maximum atomic E-state index is 13.5. The predicted molar refractivity (Wildman–Crippen MR) is 152 cm³/mol. The van der Waals surface area contributed by atoms with Gasteiger partial charge in [-0.1, -0.05) is 24.8 Å². The molecule has 39 heavy (non-hydrogen) atoms. The number of carbonyl (C=O) groups is 3. The second kappa shape index (κ2) is 9.99. The summed E-state index contributed by atoms with van der Waals surface area (Å²) in [7, 11) is 0. The number of carbonyl (C=O) groups excluding carboxylic acids is 3. The molecule has 1 saturated heterocycles. The second-order valence-corrected chi connectivity index (χ2v) is 10.7. The first-order valence-electron chi connectivity index (χ1n) is 12.7. The number of hydrogen-bond acceptors (Lipinski definition) is 6. The molecule has 1 fully saturated rings. The summed E-state index contributed by atoms with van der Waals surface area (Å²) in [5.74, 6) is 1.09. The molecule has 2 aliphatic rings. The Morgan fingerprint density at radius 2 is 1.97 bits per heavy atom. The van der Waals surface area contributed by atoms with Crippen LogP contribution >= 0.6 is 11.3 Å².